The monoisotopic (exact) mass is 388 g/mol. The van der Waals surface area contributed by atoms with Gasteiger partial charge in [-0.15, -0.1) is 0 Å². The first-order chi connectivity index (χ1) is 14.7. The Balaban J connectivity index is 0.000000130. The molecule has 0 saturated carbocycles. The van der Waals surface area contributed by atoms with Gasteiger partial charge < -0.3 is 11.5 Å². The minimum absolute atomic E-state index is 0.601. The SMILES string of the molecule is Nc1ccc2nc3ccccc3cc2c1N.c1ccc2nc3ccccc3cc2c1. The van der Waals surface area contributed by atoms with Gasteiger partial charge in [0.05, 0.1) is 33.4 Å². The molecule has 0 unspecified atom stereocenters. The fourth-order valence-corrected chi connectivity index (χ4v) is 3.61. The number of hydrogen-bond donors (Lipinski definition) is 2. The van der Waals surface area contributed by atoms with Crippen LogP contribution in [0.25, 0.3) is 43.6 Å². The lowest BCUT2D eigenvalue weighted by Gasteiger charge is -2.06. The molecule has 0 aliphatic carbocycles. The van der Waals surface area contributed by atoms with Crippen LogP contribution in [0.2, 0.25) is 0 Å². The molecule has 0 radical (unpaired) electrons. The topological polar surface area (TPSA) is 77.8 Å². The molecule has 2 aromatic heterocycles. The first-order valence-electron chi connectivity index (χ1n) is 9.77. The van der Waals surface area contributed by atoms with Gasteiger partial charge in [0.15, 0.2) is 0 Å². The molecule has 6 aromatic rings. The second-order valence-electron chi connectivity index (χ2n) is 7.19. The number of nitrogens with two attached hydrogens (primary N) is 2. The maximum absolute atomic E-state index is 5.94. The molecule has 6 rings (SSSR count). The van der Waals surface area contributed by atoms with Crippen molar-refractivity contribution in [3.05, 3.63) is 97.1 Å². The molecule has 0 saturated heterocycles. The van der Waals surface area contributed by atoms with E-state index in [0.29, 0.717) is 11.4 Å². The van der Waals surface area contributed by atoms with E-state index in [2.05, 4.69) is 28.2 Å². The Morgan fingerprint density at radius 1 is 0.467 bits per heavy atom. The highest BCUT2D eigenvalue weighted by Gasteiger charge is 2.04. The molecule has 2 heterocycles. The average molecular weight is 388 g/mol. The van der Waals surface area contributed by atoms with Crippen molar-refractivity contribution in [2.45, 2.75) is 0 Å². The van der Waals surface area contributed by atoms with Crippen LogP contribution in [-0.2, 0) is 0 Å². The first-order valence-corrected chi connectivity index (χ1v) is 9.77. The molecule has 4 N–H and O–H groups in total. The lowest BCUT2D eigenvalue weighted by molar-refractivity contribution is 1.50. The van der Waals surface area contributed by atoms with Gasteiger partial charge in [-0.2, -0.15) is 0 Å². The van der Waals surface area contributed by atoms with E-state index in [-0.39, 0.29) is 0 Å². The highest BCUT2D eigenvalue weighted by molar-refractivity contribution is 6.02. The third kappa shape index (κ3) is 3.25. The molecule has 30 heavy (non-hydrogen) atoms. The van der Waals surface area contributed by atoms with E-state index in [0.717, 1.165) is 32.8 Å². The van der Waals surface area contributed by atoms with Crippen LogP contribution in [0, 0.1) is 0 Å². The maximum atomic E-state index is 5.94. The third-order valence-electron chi connectivity index (χ3n) is 5.20. The van der Waals surface area contributed by atoms with Gasteiger partial charge in [0.1, 0.15) is 0 Å². The van der Waals surface area contributed by atoms with Crippen molar-refractivity contribution in [3.8, 4) is 0 Å². The summed E-state index contributed by atoms with van der Waals surface area (Å²) in [5.74, 6) is 0. The average Bonchev–Trinajstić information content (AvgIpc) is 2.79. The standard InChI is InChI=1S/C13H11N3.C13H9N/c14-10-5-6-12-9(13(10)15)7-8-3-1-2-4-11(8)16-12;1-3-7-12-10(5-1)9-11-6-2-4-8-13(11)14-12/h1-7H,14-15H2;1-9H. The number of para-hydroxylation sites is 3. The van der Waals surface area contributed by atoms with Gasteiger partial charge in [0.25, 0.3) is 0 Å². The Labute approximate surface area is 173 Å². The number of nitrogens with zero attached hydrogens (tertiary/aromatic N) is 2. The van der Waals surface area contributed by atoms with Gasteiger partial charge in [-0.3, -0.25) is 0 Å². The zero-order valence-electron chi connectivity index (χ0n) is 16.3. The van der Waals surface area contributed by atoms with Crippen LogP contribution in [0.15, 0.2) is 97.1 Å². The number of anilines is 2. The van der Waals surface area contributed by atoms with Crippen molar-refractivity contribution >= 4 is 55.0 Å². The van der Waals surface area contributed by atoms with Crippen molar-refractivity contribution in [2.75, 3.05) is 11.5 Å². The van der Waals surface area contributed by atoms with Crippen molar-refractivity contribution in [3.63, 3.8) is 0 Å². The van der Waals surface area contributed by atoms with E-state index < -0.39 is 0 Å². The van der Waals surface area contributed by atoms with E-state index in [4.69, 9.17) is 11.5 Å². The Morgan fingerprint density at radius 2 is 0.933 bits per heavy atom. The summed E-state index contributed by atoms with van der Waals surface area (Å²) in [6.45, 7) is 0. The summed E-state index contributed by atoms with van der Waals surface area (Å²) in [6, 6.07) is 32.2. The summed E-state index contributed by atoms with van der Waals surface area (Å²) in [6.07, 6.45) is 0. The lowest BCUT2D eigenvalue weighted by Crippen LogP contribution is -1.96. The fraction of sp³-hybridized carbons (Fsp3) is 0. The molecule has 144 valence electrons. The van der Waals surface area contributed by atoms with Crippen LogP contribution in [0.3, 0.4) is 0 Å². The third-order valence-corrected chi connectivity index (χ3v) is 5.20. The number of pyridine rings is 2. The van der Waals surface area contributed by atoms with Gasteiger partial charge in [-0.1, -0.05) is 54.6 Å². The number of nitrogen functional groups attached to an aromatic ring is 2. The molecule has 0 amide bonds. The second kappa shape index (κ2) is 7.33. The predicted octanol–water partition coefficient (Wildman–Crippen LogP) is 5.94. The molecular weight excluding hydrogens is 368 g/mol. The van der Waals surface area contributed by atoms with Crippen LogP contribution < -0.4 is 11.5 Å². The summed E-state index contributed by atoms with van der Waals surface area (Å²) in [5.41, 5.74) is 16.9. The molecule has 4 aromatic carbocycles. The fourth-order valence-electron chi connectivity index (χ4n) is 3.61. The van der Waals surface area contributed by atoms with Gasteiger partial charge in [0.2, 0.25) is 0 Å². The van der Waals surface area contributed by atoms with Crippen molar-refractivity contribution in [1.82, 2.24) is 9.97 Å². The molecule has 0 aliphatic rings. The zero-order chi connectivity index (χ0) is 20.5. The first kappa shape index (κ1) is 17.9. The largest absolute Gasteiger partial charge is 0.397 e. The molecule has 0 aliphatic heterocycles. The van der Waals surface area contributed by atoms with E-state index >= 15 is 0 Å². The van der Waals surface area contributed by atoms with Gasteiger partial charge in [0, 0.05) is 21.5 Å². The van der Waals surface area contributed by atoms with Gasteiger partial charge in [-0.25, -0.2) is 9.97 Å². The Bertz CT molecular complexity index is 1420. The van der Waals surface area contributed by atoms with E-state index in [1.807, 2.05) is 72.8 Å². The van der Waals surface area contributed by atoms with Gasteiger partial charge >= 0.3 is 0 Å². The van der Waals surface area contributed by atoms with Crippen LogP contribution in [-0.4, -0.2) is 9.97 Å². The Hall–Kier alpha value is -4.18. The number of fused-ring (bicyclic) bond motifs is 4. The molecule has 4 heteroatoms. The molecule has 4 nitrogen and oxygen atoms in total. The van der Waals surface area contributed by atoms with Crippen LogP contribution >= 0.6 is 0 Å². The van der Waals surface area contributed by atoms with Crippen molar-refractivity contribution < 1.29 is 0 Å². The summed E-state index contributed by atoms with van der Waals surface area (Å²) in [7, 11) is 0. The molecule has 0 atom stereocenters. The van der Waals surface area contributed by atoms with Crippen LogP contribution in [0.1, 0.15) is 0 Å². The molecule has 0 spiro atoms. The maximum Gasteiger partial charge on any atom is 0.0731 e. The van der Waals surface area contributed by atoms with Gasteiger partial charge in [-0.05, 0) is 42.5 Å². The number of rotatable bonds is 0. The van der Waals surface area contributed by atoms with Crippen molar-refractivity contribution in [2.24, 2.45) is 0 Å². The highest BCUT2D eigenvalue weighted by atomic mass is 14.7. The summed E-state index contributed by atoms with van der Waals surface area (Å²) in [5, 5.41) is 4.39. The Kier molecular flexibility index (Phi) is 4.37. The van der Waals surface area contributed by atoms with E-state index in [9.17, 15) is 0 Å². The molecular formula is C26H20N4. The second-order valence-corrected chi connectivity index (χ2v) is 7.19. The summed E-state index contributed by atoms with van der Waals surface area (Å²) >= 11 is 0. The number of aromatic nitrogens is 2. The van der Waals surface area contributed by atoms with Crippen LogP contribution in [0.5, 0.6) is 0 Å². The molecule has 0 fully saturated rings. The number of benzene rings is 4. The van der Waals surface area contributed by atoms with E-state index in [1.54, 1.807) is 6.07 Å². The predicted molar refractivity (Wildman–Crippen MR) is 127 cm³/mol. The van der Waals surface area contributed by atoms with E-state index in [1.165, 1.54) is 10.8 Å². The summed E-state index contributed by atoms with van der Waals surface area (Å²) < 4.78 is 0. The Morgan fingerprint density at radius 3 is 1.50 bits per heavy atom. The molecule has 0 bridgehead atoms. The van der Waals surface area contributed by atoms with Crippen LogP contribution in [0.4, 0.5) is 11.4 Å². The minimum atomic E-state index is 0.601. The zero-order valence-corrected chi connectivity index (χ0v) is 16.3. The van der Waals surface area contributed by atoms with Crippen molar-refractivity contribution in [1.29, 1.82) is 0 Å². The quantitative estimate of drug-likeness (QED) is 0.249. The smallest absolute Gasteiger partial charge is 0.0731 e. The highest BCUT2D eigenvalue weighted by Crippen LogP contribution is 2.28. The lowest BCUT2D eigenvalue weighted by atomic mass is 10.1. The summed E-state index contributed by atoms with van der Waals surface area (Å²) in [4.78, 5) is 9.12. The minimum Gasteiger partial charge on any atom is -0.397 e. The normalized spacial score (nSPS) is 10.9. The number of hydrogen-bond acceptors (Lipinski definition) is 4.